The second kappa shape index (κ2) is 5.79. The lowest BCUT2D eigenvalue weighted by Gasteiger charge is -2.21. The molecule has 3 heterocycles. The Hall–Kier alpha value is -2.37. The van der Waals surface area contributed by atoms with E-state index in [-0.39, 0.29) is 11.8 Å². The molecule has 0 radical (unpaired) electrons. The molecule has 6 nitrogen and oxygen atoms in total. The fourth-order valence-corrected chi connectivity index (χ4v) is 2.97. The van der Waals surface area contributed by atoms with Gasteiger partial charge in [0.05, 0.1) is 17.8 Å². The van der Waals surface area contributed by atoms with Crippen molar-refractivity contribution in [3.05, 3.63) is 36.8 Å². The second-order valence-corrected chi connectivity index (χ2v) is 5.95. The molecule has 3 rings (SSSR count). The lowest BCUT2D eigenvalue weighted by molar-refractivity contribution is -0.122. The maximum Gasteiger partial charge on any atom is 0.232 e. The predicted molar refractivity (Wildman–Crippen MR) is 85.7 cm³/mol. The molecule has 1 fully saturated rings. The van der Waals surface area contributed by atoms with Crippen molar-refractivity contribution in [3.8, 4) is 0 Å². The van der Waals surface area contributed by atoms with Gasteiger partial charge in [-0.15, -0.1) is 0 Å². The molecule has 0 aliphatic carbocycles. The highest BCUT2D eigenvalue weighted by Gasteiger charge is 2.37. The molecule has 1 amide bonds. The van der Waals surface area contributed by atoms with E-state index in [2.05, 4.69) is 21.9 Å². The van der Waals surface area contributed by atoms with E-state index >= 15 is 0 Å². The van der Waals surface area contributed by atoms with Crippen molar-refractivity contribution < 1.29 is 4.79 Å². The molecule has 22 heavy (non-hydrogen) atoms. The monoisotopic (exact) mass is 299 g/mol. The standard InChI is InChI=1S/C16H21N5O/c1-12-9-21(15-6-4-5-7-17-15)11-14(12)16(22)20(3)13-8-18-19(2)10-13/h4-8,10,12,14H,9,11H2,1-3H3/t12-,14-/m1/s1. The summed E-state index contributed by atoms with van der Waals surface area (Å²) in [4.78, 5) is 21.1. The van der Waals surface area contributed by atoms with Crippen molar-refractivity contribution in [1.82, 2.24) is 14.8 Å². The molecule has 2 aromatic heterocycles. The average molecular weight is 299 g/mol. The Bertz CT molecular complexity index is 654. The molecule has 0 N–H and O–H groups in total. The quantitative estimate of drug-likeness (QED) is 0.863. The van der Waals surface area contributed by atoms with Crippen LogP contribution in [0.3, 0.4) is 0 Å². The zero-order valence-corrected chi connectivity index (χ0v) is 13.2. The first-order valence-corrected chi connectivity index (χ1v) is 7.48. The third kappa shape index (κ3) is 2.68. The summed E-state index contributed by atoms with van der Waals surface area (Å²) in [5.41, 5.74) is 0.830. The molecule has 0 spiro atoms. The van der Waals surface area contributed by atoms with E-state index in [1.807, 2.05) is 38.5 Å². The highest BCUT2D eigenvalue weighted by molar-refractivity contribution is 5.95. The van der Waals surface area contributed by atoms with Gasteiger partial charge in [0, 0.05) is 39.6 Å². The Kier molecular flexibility index (Phi) is 3.83. The molecule has 1 aliphatic rings. The third-order valence-corrected chi connectivity index (χ3v) is 4.31. The molecule has 6 heteroatoms. The fraction of sp³-hybridized carbons (Fsp3) is 0.438. The summed E-state index contributed by atoms with van der Waals surface area (Å²) >= 11 is 0. The number of aryl methyl sites for hydroxylation is 1. The average Bonchev–Trinajstić information content (AvgIpc) is 3.13. The lowest BCUT2D eigenvalue weighted by Crippen LogP contribution is -2.36. The summed E-state index contributed by atoms with van der Waals surface area (Å²) in [6, 6.07) is 5.87. The number of aromatic nitrogens is 3. The number of nitrogens with zero attached hydrogens (tertiary/aromatic N) is 5. The molecule has 1 aliphatic heterocycles. The van der Waals surface area contributed by atoms with Crippen molar-refractivity contribution in [2.24, 2.45) is 18.9 Å². The van der Waals surface area contributed by atoms with Crippen molar-refractivity contribution in [3.63, 3.8) is 0 Å². The van der Waals surface area contributed by atoms with Crippen molar-refractivity contribution >= 4 is 17.4 Å². The summed E-state index contributed by atoms with van der Waals surface area (Å²) in [6.07, 6.45) is 5.36. The van der Waals surface area contributed by atoms with Gasteiger partial charge in [-0.05, 0) is 18.1 Å². The smallest absolute Gasteiger partial charge is 0.232 e. The Morgan fingerprint density at radius 1 is 1.36 bits per heavy atom. The Morgan fingerprint density at radius 3 is 2.82 bits per heavy atom. The molecule has 1 saturated heterocycles. The largest absolute Gasteiger partial charge is 0.356 e. The predicted octanol–water partition coefficient (Wildman–Crippen LogP) is 1.55. The van der Waals surface area contributed by atoms with Gasteiger partial charge in [-0.3, -0.25) is 9.48 Å². The number of amides is 1. The molecular formula is C16H21N5O. The van der Waals surface area contributed by atoms with Gasteiger partial charge in [-0.2, -0.15) is 5.10 Å². The Balaban J connectivity index is 1.73. The Morgan fingerprint density at radius 2 is 2.18 bits per heavy atom. The van der Waals surface area contributed by atoms with Crippen LogP contribution in [0.2, 0.25) is 0 Å². The number of carbonyl (C=O) groups excluding carboxylic acids is 1. The van der Waals surface area contributed by atoms with Crippen molar-refractivity contribution in [2.45, 2.75) is 6.92 Å². The molecule has 2 atom stereocenters. The van der Waals surface area contributed by atoms with Crippen LogP contribution in [0, 0.1) is 11.8 Å². The SMILES string of the molecule is C[C@@H]1CN(c2ccccn2)C[C@H]1C(=O)N(C)c1cnn(C)c1. The van der Waals surface area contributed by atoms with Gasteiger partial charge in [0.15, 0.2) is 0 Å². The lowest BCUT2D eigenvalue weighted by atomic mass is 9.97. The van der Waals surface area contributed by atoms with Crippen molar-refractivity contribution in [2.75, 3.05) is 29.9 Å². The van der Waals surface area contributed by atoms with Gasteiger partial charge >= 0.3 is 0 Å². The van der Waals surface area contributed by atoms with E-state index in [9.17, 15) is 4.79 Å². The molecule has 0 aromatic carbocycles. The van der Waals surface area contributed by atoms with Crippen LogP contribution in [0.1, 0.15) is 6.92 Å². The number of anilines is 2. The van der Waals surface area contributed by atoms with Crippen LogP contribution in [0.15, 0.2) is 36.8 Å². The van der Waals surface area contributed by atoms with Gasteiger partial charge in [-0.25, -0.2) is 4.98 Å². The minimum atomic E-state index is -0.0211. The molecule has 2 aromatic rings. The van der Waals surface area contributed by atoms with Crippen LogP contribution in [0.4, 0.5) is 11.5 Å². The first kappa shape index (κ1) is 14.6. The molecule has 116 valence electrons. The van der Waals surface area contributed by atoms with E-state index < -0.39 is 0 Å². The Labute approximate surface area is 130 Å². The number of pyridine rings is 1. The molecular weight excluding hydrogens is 278 g/mol. The van der Waals surface area contributed by atoms with E-state index in [0.717, 1.165) is 18.1 Å². The normalized spacial score (nSPS) is 21.1. The highest BCUT2D eigenvalue weighted by atomic mass is 16.2. The van der Waals surface area contributed by atoms with Gasteiger partial charge < -0.3 is 9.80 Å². The summed E-state index contributed by atoms with van der Waals surface area (Å²) in [7, 11) is 3.66. The zero-order valence-electron chi connectivity index (χ0n) is 13.2. The number of hydrogen-bond acceptors (Lipinski definition) is 4. The topological polar surface area (TPSA) is 54.3 Å². The van der Waals surface area contributed by atoms with E-state index in [1.54, 1.807) is 22.0 Å². The first-order chi connectivity index (χ1) is 10.6. The van der Waals surface area contributed by atoms with E-state index in [1.165, 1.54) is 0 Å². The number of carbonyl (C=O) groups is 1. The molecule has 0 unspecified atom stereocenters. The van der Waals surface area contributed by atoms with Crippen LogP contribution < -0.4 is 9.80 Å². The first-order valence-electron chi connectivity index (χ1n) is 7.48. The molecule has 0 saturated carbocycles. The van der Waals surface area contributed by atoms with Crippen molar-refractivity contribution in [1.29, 1.82) is 0 Å². The zero-order chi connectivity index (χ0) is 15.7. The fourth-order valence-electron chi connectivity index (χ4n) is 2.97. The highest BCUT2D eigenvalue weighted by Crippen LogP contribution is 2.29. The molecule has 0 bridgehead atoms. The second-order valence-electron chi connectivity index (χ2n) is 5.95. The maximum absolute atomic E-state index is 12.8. The maximum atomic E-state index is 12.8. The minimum Gasteiger partial charge on any atom is -0.356 e. The van der Waals surface area contributed by atoms with Crippen LogP contribution in [-0.2, 0) is 11.8 Å². The van der Waals surface area contributed by atoms with Crippen LogP contribution in [-0.4, -0.2) is 40.8 Å². The van der Waals surface area contributed by atoms with Crippen LogP contribution >= 0.6 is 0 Å². The van der Waals surface area contributed by atoms with Gasteiger partial charge in [0.25, 0.3) is 0 Å². The summed E-state index contributed by atoms with van der Waals surface area (Å²) < 4.78 is 1.71. The summed E-state index contributed by atoms with van der Waals surface area (Å²) in [6.45, 7) is 3.69. The minimum absolute atomic E-state index is 0.0211. The van der Waals surface area contributed by atoms with Gasteiger partial charge in [-0.1, -0.05) is 13.0 Å². The summed E-state index contributed by atoms with van der Waals surface area (Å²) in [5, 5.41) is 4.13. The number of hydrogen-bond donors (Lipinski definition) is 0. The summed E-state index contributed by atoms with van der Waals surface area (Å²) in [5.74, 6) is 1.36. The third-order valence-electron chi connectivity index (χ3n) is 4.31. The van der Waals surface area contributed by atoms with E-state index in [4.69, 9.17) is 0 Å². The van der Waals surface area contributed by atoms with Gasteiger partial charge in [0.2, 0.25) is 5.91 Å². The number of rotatable bonds is 3. The van der Waals surface area contributed by atoms with Crippen LogP contribution in [0.25, 0.3) is 0 Å². The van der Waals surface area contributed by atoms with Gasteiger partial charge in [0.1, 0.15) is 5.82 Å². The van der Waals surface area contributed by atoms with Crippen LogP contribution in [0.5, 0.6) is 0 Å². The van der Waals surface area contributed by atoms with E-state index in [0.29, 0.717) is 12.5 Å².